The first-order valence-electron chi connectivity index (χ1n) is 6.27. The Balaban J connectivity index is 3.37. The largest absolute Gasteiger partial charge is 0.481 e. The predicted octanol–water partition coefficient (Wildman–Crippen LogP) is 2.03. The molecule has 0 aliphatic carbocycles. The SMILES string of the molecule is CSCCN(C)C(=O)NCCCCCCC(=O)O. The maximum atomic E-state index is 11.6. The predicted molar refractivity (Wildman–Crippen MR) is 75.1 cm³/mol. The molecule has 0 rings (SSSR count). The zero-order valence-corrected chi connectivity index (χ0v) is 12.1. The summed E-state index contributed by atoms with van der Waals surface area (Å²) in [5.74, 6) is 0.206. The number of hydrogen-bond acceptors (Lipinski definition) is 3. The summed E-state index contributed by atoms with van der Waals surface area (Å²) < 4.78 is 0. The van der Waals surface area contributed by atoms with Gasteiger partial charge in [0, 0.05) is 32.3 Å². The van der Waals surface area contributed by atoms with Gasteiger partial charge in [0.05, 0.1) is 0 Å². The number of hydrogen-bond donors (Lipinski definition) is 2. The summed E-state index contributed by atoms with van der Waals surface area (Å²) in [6.07, 6.45) is 5.75. The Kier molecular flexibility index (Phi) is 10.6. The monoisotopic (exact) mass is 276 g/mol. The number of aliphatic carboxylic acids is 1. The van der Waals surface area contributed by atoms with Crippen molar-refractivity contribution in [1.29, 1.82) is 0 Å². The molecule has 0 fully saturated rings. The molecule has 0 spiro atoms. The molecule has 0 bridgehead atoms. The fourth-order valence-corrected chi connectivity index (χ4v) is 1.87. The van der Waals surface area contributed by atoms with Crippen LogP contribution in [-0.4, -0.2) is 54.2 Å². The van der Waals surface area contributed by atoms with E-state index in [0.717, 1.165) is 38.0 Å². The smallest absolute Gasteiger partial charge is 0.317 e. The first-order chi connectivity index (χ1) is 8.57. The Morgan fingerprint density at radius 2 is 1.89 bits per heavy atom. The van der Waals surface area contributed by atoms with Crippen LogP contribution in [0.5, 0.6) is 0 Å². The molecule has 0 unspecified atom stereocenters. The van der Waals surface area contributed by atoms with Crippen LogP contribution in [-0.2, 0) is 4.79 Å². The van der Waals surface area contributed by atoms with Gasteiger partial charge in [0.1, 0.15) is 0 Å². The Hall–Kier alpha value is -0.910. The molecule has 0 aliphatic rings. The van der Waals surface area contributed by atoms with E-state index in [1.165, 1.54) is 0 Å². The third-order valence-corrected chi connectivity index (χ3v) is 3.16. The number of nitrogens with zero attached hydrogens (tertiary/aromatic N) is 1. The van der Waals surface area contributed by atoms with Crippen LogP contribution in [0.3, 0.4) is 0 Å². The third kappa shape index (κ3) is 10.3. The zero-order valence-electron chi connectivity index (χ0n) is 11.3. The van der Waals surface area contributed by atoms with Gasteiger partial charge in [-0.25, -0.2) is 4.79 Å². The van der Waals surface area contributed by atoms with E-state index in [0.29, 0.717) is 6.54 Å². The van der Waals surface area contributed by atoms with Crippen molar-refractivity contribution in [2.75, 3.05) is 32.1 Å². The number of rotatable bonds is 10. The molecule has 0 aliphatic heterocycles. The van der Waals surface area contributed by atoms with Crippen molar-refractivity contribution in [3.05, 3.63) is 0 Å². The van der Waals surface area contributed by atoms with E-state index in [9.17, 15) is 9.59 Å². The van der Waals surface area contributed by atoms with Gasteiger partial charge in [0.15, 0.2) is 0 Å². The summed E-state index contributed by atoms with van der Waals surface area (Å²) in [4.78, 5) is 23.5. The maximum Gasteiger partial charge on any atom is 0.317 e. The highest BCUT2D eigenvalue weighted by Gasteiger charge is 2.06. The molecule has 6 heteroatoms. The number of carbonyl (C=O) groups excluding carboxylic acids is 1. The van der Waals surface area contributed by atoms with E-state index in [1.54, 1.807) is 23.7 Å². The molecular formula is C12H24N2O3S. The summed E-state index contributed by atoms with van der Waals surface area (Å²) in [5, 5.41) is 11.3. The minimum absolute atomic E-state index is 0.0328. The first kappa shape index (κ1) is 17.1. The van der Waals surface area contributed by atoms with Crippen molar-refractivity contribution >= 4 is 23.8 Å². The summed E-state index contributed by atoms with van der Waals surface area (Å²) in [5.41, 5.74) is 0. The van der Waals surface area contributed by atoms with Gasteiger partial charge in [0.25, 0.3) is 0 Å². The molecule has 0 radical (unpaired) electrons. The van der Waals surface area contributed by atoms with Crippen molar-refractivity contribution in [2.24, 2.45) is 0 Å². The summed E-state index contributed by atoms with van der Waals surface area (Å²) in [6, 6.07) is -0.0328. The Labute approximate surface area is 113 Å². The zero-order chi connectivity index (χ0) is 13.8. The van der Waals surface area contributed by atoms with Crippen LogP contribution >= 0.6 is 11.8 Å². The Morgan fingerprint density at radius 1 is 1.22 bits per heavy atom. The normalized spacial score (nSPS) is 10.1. The molecule has 0 aromatic heterocycles. The fourth-order valence-electron chi connectivity index (χ4n) is 1.41. The van der Waals surface area contributed by atoms with Crippen LogP contribution in [0.25, 0.3) is 0 Å². The quantitative estimate of drug-likeness (QED) is 0.599. The van der Waals surface area contributed by atoms with E-state index in [4.69, 9.17) is 5.11 Å². The first-order valence-corrected chi connectivity index (χ1v) is 7.67. The van der Waals surface area contributed by atoms with Gasteiger partial charge in [-0.05, 0) is 19.1 Å². The molecule has 5 nitrogen and oxygen atoms in total. The van der Waals surface area contributed by atoms with E-state index < -0.39 is 5.97 Å². The van der Waals surface area contributed by atoms with Crippen LogP contribution in [0.4, 0.5) is 4.79 Å². The average Bonchev–Trinajstić information content (AvgIpc) is 2.34. The number of carboxylic acids is 1. The molecule has 0 aromatic carbocycles. The van der Waals surface area contributed by atoms with Crippen molar-refractivity contribution in [3.63, 3.8) is 0 Å². The topological polar surface area (TPSA) is 69.6 Å². The van der Waals surface area contributed by atoms with Crippen molar-refractivity contribution < 1.29 is 14.7 Å². The number of thioether (sulfide) groups is 1. The van der Waals surface area contributed by atoms with E-state index >= 15 is 0 Å². The second-order valence-electron chi connectivity index (χ2n) is 4.20. The Morgan fingerprint density at radius 3 is 2.50 bits per heavy atom. The number of nitrogens with one attached hydrogen (secondary N) is 1. The maximum absolute atomic E-state index is 11.6. The van der Waals surface area contributed by atoms with Gasteiger partial charge < -0.3 is 15.3 Å². The summed E-state index contributed by atoms with van der Waals surface area (Å²) in [7, 11) is 1.79. The molecule has 0 saturated heterocycles. The highest BCUT2D eigenvalue weighted by atomic mass is 32.2. The van der Waals surface area contributed by atoms with Crippen molar-refractivity contribution in [1.82, 2.24) is 10.2 Å². The summed E-state index contributed by atoms with van der Waals surface area (Å²) >= 11 is 1.72. The van der Waals surface area contributed by atoms with Crippen molar-refractivity contribution in [2.45, 2.75) is 32.1 Å². The molecule has 2 N–H and O–H groups in total. The molecule has 18 heavy (non-hydrogen) atoms. The highest BCUT2D eigenvalue weighted by molar-refractivity contribution is 7.98. The van der Waals surface area contributed by atoms with E-state index in [1.807, 2.05) is 6.26 Å². The second-order valence-corrected chi connectivity index (χ2v) is 5.19. The number of urea groups is 1. The van der Waals surface area contributed by atoms with Gasteiger partial charge >= 0.3 is 12.0 Å². The lowest BCUT2D eigenvalue weighted by Gasteiger charge is -2.17. The third-order valence-electron chi connectivity index (χ3n) is 2.57. The van der Waals surface area contributed by atoms with E-state index in [2.05, 4.69) is 5.32 Å². The molecule has 2 amide bonds. The molecule has 0 aromatic rings. The molecule has 0 heterocycles. The van der Waals surface area contributed by atoms with Gasteiger partial charge in [-0.15, -0.1) is 0 Å². The lowest BCUT2D eigenvalue weighted by atomic mass is 10.1. The Bertz CT molecular complexity index is 249. The lowest BCUT2D eigenvalue weighted by molar-refractivity contribution is -0.137. The molecule has 106 valence electrons. The van der Waals surface area contributed by atoms with Gasteiger partial charge in [-0.1, -0.05) is 12.8 Å². The van der Waals surface area contributed by atoms with Crippen LogP contribution in [0.1, 0.15) is 32.1 Å². The fraction of sp³-hybridized carbons (Fsp3) is 0.833. The highest BCUT2D eigenvalue weighted by Crippen LogP contribution is 2.02. The molecular weight excluding hydrogens is 252 g/mol. The standard InChI is InChI=1S/C12H24N2O3S/c1-14(9-10-18-2)12(17)13-8-6-4-3-5-7-11(15)16/h3-10H2,1-2H3,(H,13,17)(H,15,16). The van der Waals surface area contributed by atoms with Crippen LogP contribution in [0, 0.1) is 0 Å². The van der Waals surface area contributed by atoms with Crippen LogP contribution in [0.2, 0.25) is 0 Å². The van der Waals surface area contributed by atoms with Crippen LogP contribution in [0.15, 0.2) is 0 Å². The number of amides is 2. The van der Waals surface area contributed by atoms with Gasteiger partial charge in [0.2, 0.25) is 0 Å². The van der Waals surface area contributed by atoms with Gasteiger partial charge in [-0.2, -0.15) is 11.8 Å². The summed E-state index contributed by atoms with van der Waals surface area (Å²) in [6.45, 7) is 1.42. The second kappa shape index (κ2) is 11.2. The molecule has 0 saturated carbocycles. The minimum atomic E-state index is -0.737. The number of carbonyl (C=O) groups is 2. The number of unbranched alkanes of at least 4 members (excludes halogenated alkanes) is 3. The average molecular weight is 276 g/mol. The number of carboxylic acid groups (broad SMARTS) is 1. The molecule has 0 atom stereocenters. The van der Waals surface area contributed by atoms with E-state index in [-0.39, 0.29) is 12.5 Å². The van der Waals surface area contributed by atoms with Gasteiger partial charge in [-0.3, -0.25) is 4.79 Å². The lowest BCUT2D eigenvalue weighted by Crippen LogP contribution is -2.38. The minimum Gasteiger partial charge on any atom is -0.481 e. The van der Waals surface area contributed by atoms with Crippen LogP contribution < -0.4 is 5.32 Å². The van der Waals surface area contributed by atoms with Crippen molar-refractivity contribution in [3.8, 4) is 0 Å².